The fourth-order valence-electron chi connectivity index (χ4n) is 2.26. The maximum absolute atomic E-state index is 12.1. The Morgan fingerprint density at radius 1 is 1.33 bits per heavy atom. The molecule has 1 N–H and O–H groups in total. The molecule has 1 aromatic rings. The second-order valence-corrected chi connectivity index (χ2v) is 7.24. The Balaban J connectivity index is 1.74. The van der Waals surface area contributed by atoms with Crippen molar-refractivity contribution >= 4 is 10.0 Å². The third-order valence-electron chi connectivity index (χ3n) is 3.60. The maximum atomic E-state index is 12.1. The topological polar surface area (TPSA) is 59.1 Å². The Kier molecular flexibility index (Phi) is 3.11. The van der Waals surface area contributed by atoms with Gasteiger partial charge in [-0.1, -0.05) is 6.07 Å². The van der Waals surface area contributed by atoms with Gasteiger partial charge in [0.15, 0.2) is 0 Å². The van der Waals surface area contributed by atoms with E-state index in [0.29, 0.717) is 11.8 Å². The van der Waals surface area contributed by atoms with Crippen molar-refractivity contribution in [3.63, 3.8) is 0 Å². The van der Waals surface area contributed by atoms with Crippen LogP contribution in [0.1, 0.15) is 37.3 Å². The molecule has 98 valence electrons. The Labute approximate surface area is 108 Å². The third-order valence-corrected chi connectivity index (χ3v) is 5.12. The molecule has 0 spiro atoms. The highest BCUT2D eigenvalue weighted by molar-refractivity contribution is 7.89. The fourth-order valence-corrected chi connectivity index (χ4v) is 4.03. The zero-order chi connectivity index (χ0) is 12.6. The Bertz CT molecular complexity index is 507. The summed E-state index contributed by atoms with van der Waals surface area (Å²) in [6.45, 7) is 0. The van der Waals surface area contributed by atoms with E-state index >= 15 is 0 Å². The Hall–Kier alpha value is -0.940. The van der Waals surface area contributed by atoms with Crippen LogP contribution >= 0.6 is 0 Å². The number of nitrogens with zero attached hydrogens (tertiary/aromatic N) is 1. The minimum Gasteiger partial charge on any atom is -0.264 e. The van der Waals surface area contributed by atoms with E-state index in [0.717, 1.165) is 31.2 Å². The minimum atomic E-state index is -3.15. The van der Waals surface area contributed by atoms with Crippen molar-refractivity contribution in [3.8, 4) is 0 Å². The molecule has 5 heteroatoms. The quantitative estimate of drug-likeness (QED) is 0.855. The van der Waals surface area contributed by atoms with Crippen LogP contribution < -0.4 is 4.72 Å². The van der Waals surface area contributed by atoms with Crippen molar-refractivity contribution in [2.24, 2.45) is 11.8 Å². The predicted molar refractivity (Wildman–Crippen MR) is 69.3 cm³/mol. The number of hydrogen-bond donors (Lipinski definition) is 1. The van der Waals surface area contributed by atoms with Crippen LogP contribution in [0, 0.1) is 11.8 Å². The van der Waals surface area contributed by atoms with Gasteiger partial charge in [-0.15, -0.1) is 0 Å². The lowest BCUT2D eigenvalue weighted by Crippen LogP contribution is -2.32. The average Bonchev–Trinajstić information content (AvgIpc) is 3.20. The Morgan fingerprint density at radius 2 is 2.11 bits per heavy atom. The molecule has 0 amide bonds. The first-order chi connectivity index (χ1) is 8.64. The molecule has 2 aliphatic rings. The van der Waals surface area contributed by atoms with Gasteiger partial charge in [-0.05, 0) is 49.1 Å². The van der Waals surface area contributed by atoms with Crippen molar-refractivity contribution in [1.82, 2.24) is 9.71 Å². The summed E-state index contributed by atoms with van der Waals surface area (Å²) < 4.78 is 27.0. The zero-order valence-electron chi connectivity index (χ0n) is 10.2. The van der Waals surface area contributed by atoms with Gasteiger partial charge in [0.2, 0.25) is 10.0 Å². The fraction of sp³-hybridized carbons (Fsp3) is 0.615. The molecular weight excluding hydrogens is 248 g/mol. The molecule has 0 aromatic carbocycles. The van der Waals surface area contributed by atoms with Crippen LogP contribution in [0.25, 0.3) is 0 Å². The number of aromatic nitrogens is 1. The number of rotatable bonds is 6. The summed E-state index contributed by atoms with van der Waals surface area (Å²) in [5.74, 6) is 1.12. The number of hydrogen-bond acceptors (Lipinski definition) is 3. The highest BCUT2D eigenvalue weighted by atomic mass is 32.2. The van der Waals surface area contributed by atoms with Crippen LogP contribution in [-0.2, 0) is 10.0 Å². The standard InChI is InChI=1S/C13H18N2O2S/c16-18(17,9-10-3-4-10)15-13(11-5-6-11)12-2-1-7-14-8-12/h1-2,7-8,10-11,13,15H,3-6,9H2. The molecule has 0 bridgehead atoms. The van der Waals surface area contributed by atoms with Crippen LogP contribution in [0.3, 0.4) is 0 Å². The van der Waals surface area contributed by atoms with E-state index in [9.17, 15) is 8.42 Å². The molecule has 0 saturated heterocycles. The summed E-state index contributed by atoms with van der Waals surface area (Å²) in [6, 6.07) is 3.73. The lowest BCUT2D eigenvalue weighted by molar-refractivity contribution is 0.526. The largest absolute Gasteiger partial charge is 0.264 e. The average molecular weight is 266 g/mol. The second kappa shape index (κ2) is 4.63. The van der Waals surface area contributed by atoms with Gasteiger partial charge in [-0.25, -0.2) is 13.1 Å². The van der Waals surface area contributed by atoms with E-state index in [2.05, 4.69) is 9.71 Å². The third kappa shape index (κ3) is 3.09. The molecule has 18 heavy (non-hydrogen) atoms. The summed E-state index contributed by atoms with van der Waals surface area (Å²) in [7, 11) is -3.15. The predicted octanol–water partition coefficient (Wildman–Crippen LogP) is 1.86. The van der Waals surface area contributed by atoms with Crippen LogP contribution in [0.15, 0.2) is 24.5 Å². The van der Waals surface area contributed by atoms with Gasteiger partial charge in [0.25, 0.3) is 0 Å². The second-order valence-electron chi connectivity index (χ2n) is 5.44. The highest BCUT2D eigenvalue weighted by Gasteiger charge is 2.36. The first-order valence-corrected chi connectivity index (χ1v) is 8.19. The van der Waals surface area contributed by atoms with E-state index in [1.807, 2.05) is 12.1 Å². The zero-order valence-corrected chi connectivity index (χ0v) is 11.1. The monoisotopic (exact) mass is 266 g/mol. The molecule has 1 heterocycles. The molecule has 2 fully saturated rings. The highest BCUT2D eigenvalue weighted by Crippen LogP contribution is 2.41. The molecule has 0 radical (unpaired) electrons. The van der Waals surface area contributed by atoms with E-state index in [4.69, 9.17) is 0 Å². The molecule has 0 aliphatic heterocycles. The van der Waals surface area contributed by atoms with Crippen molar-refractivity contribution < 1.29 is 8.42 Å². The summed E-state index contributed by atoms with van der Waals surface area (Å²) >= 11 is 0. The van der Waals surface area contributed by atoms with Gasteiger partial charge < -0.3 is 0 Å². The molecule has 2 saturated carbocycles. The molecule has 4 nitrogen and oxygen atoms in total. The van der Waals surface area contributed by atoms with Gasteiger partial charge in [0.1, 0.15) is 0 Å². The van der Waals surface area contributed by atoms with Crippen molar-refractivity contribution in [1.29, 1.82) is 0 Å². The number of pyridine rings is 1. The molecule has 1 atom stereocenters. The SMILES string of the molecule is O=S(=O)(CC1CC1)NC(c1cccnc1)C1CC1. The number of sulfonamides is 1. The van der Waals surface area contributed by atoms with Gasteiger partial charge in [0.05, 0.1) is 11.8 Å². The Morgan fingerprint density at radius 3 is 2.67 bits per heavy atom. The van der Waals surface area contributed by atoms with Crippen molar-refractivity contribution in [2.75, 3.05) is 5.75 Å². The molecular formula is C13H18N2O2S. The first-order valence-electron chi connectivity index (χ1n) is 6.54. The minimum absolute atomic E-state index is 0.0811. The lowest BCUT2D eigenvalue weighted by Gasteiger charge is -2.18. The number of nitrogens with one attached hydrogen (secondary N) is 1. The van der Waals surface area contributed by atoms with Crippen LogP contribution in [0.2, 0.25) is 0 Å². The maximum Gasteiger partial charge on any atom is 0.212 e. The summed E-state index contributed by atoms with van der Waals surface area (Å²) in [4.78, 5) is 4.08. The summed E-state index contributed by atoms with van der Waals surface area (Å²) in [5, 5.41) is 0. The summed E-state index contributed by atoms with van der Waals surface area (Å²) in [6.07, 6.45) is 7.80. The van der Waals surface area contributed by atoms with Gasteiger partial charge in [-0.2, -0.15) is 0 Å². The smallest absolute Gasteiger partial charge is 0.212 e. The molecule has 1 unspecified atom stereocenters. The van der Waals surface area contributed by atoms with E-state index in [-0.39, 0.29) is 11.8 Å². The van der Waals surface area contributed by atoms with E-state index < -0.39 is 10.0 Å². The van der Waals surface area contributed by atoms with Crippen LogP contribution in [0.4, 0.5) is 0 Å². The van der Waals surface area contributed by atoms with Crippen LogP contribution in [0.5, 0.6) is 0 Å². The lowest BCUT2D eigenvalue weighted by atomic mass is 10.1. The van der Waals surface area contributed by atoms with Crippen LogP contribution in [-0.4, -0.2) is 19.2 Å². The van der Waals surface area contributed by atoms with E-state index in [1.165, 1.54) is 0 Å². The van der Waals surface area contributed by atoms with Crippen molar-refractivity contribution in [2.45, 2.75) is 31.7 Å². The normalized spacial score (nSPS) is 21.8. The molecule has 3 rings (SSSR count). The van der Waals surface area contributed by atoms with Gasteiger partial charge in [-0.3, -0.25) is 4.98 Å². The van der Waals surface area contributed by atoms with Crippen molar-refractivity contribution in [3.05, 3.63) is 30.1 Å². The van der Waals surface area contributed by atoms with Gasteiger partial charge in [0, 0.05) is 12.4 Å². The summed E-state index contributed by atoms with van der Waals surface area (Å²) in [5.41, 5.74) is 0.986. The van der Waals surface area contributed by atoms with Gasteiger partial charge >= 0.3 is 0 Å². The first kappa shape index (κ1) is 12.1. The van der Waals surface area contributed by atoms with E-state index in [1.54, 1.807) is 12.4 Å². The molecule has 1 aromatic heterocycles. The molecule has 2 aliphatic carbocycles.